The first-order chi connectivity index (χ1) is 32.5. The topological polar surface area (TPSA) is 345 Å². The minimum atomic E-state index is -1.35. The summed E-state index contributed by atoms with van der Waals surface area (Å²) in [5.41, 5.74) is 5.07. The van der Waals surface area contributed by atoms with Crippen molar-refractivity contribution in [3.05, 3.63) is 12.2 Å². The van der Waals surface area contributed by atoms with Crippen molar-refractivity contribution in [1.82, 2.24) is 31.5 Å². The minimum Gasteiger partial charge on any atom is -0.356 e. The van der Waals surface area contributed by atoms with Gasteiger partial charge in [0.2, 0.25) is 23.6 Å². The van der Waals surface area contributed by atoms with E-state index in [0.29, 0.717) is 24.3 Å². The second-order valence-electron chi connectivity index (χ2n) is 17.4. The number of urea groups is 1. The molecule has 69 heavy (non-hydrogen) atoms. The predicted octanol–water partition coefficient (Wildman–Crippen LogP) is 0.811. The molecule has 1 aliphatic heterocycles. The molecule has 0 spiro atoms. The van der Waals surface area contributed by atoms with Crippen LogP contribution in [0.5, 0.6) is 0 Å². The summed E-state index contributed by atoms with van der Waals surface area (Å²) in [6.07, 6.45) is 1.24. The quantitative estimate of drug-likeness (QED) is 0.0367. The third kappa shape index (κ3) is 28.4. The molecule has 0 radical (unpaired) electrons. The number of imide groups is 1. The fraction of sp³-hybridized carbons (Fsp3) is 0.638. The number of carbonyl (C=O) groups excluding carboxylic acids is 15. The van der Waals surface area contributed by atoms with Gasteiger partial charge in [-0.15, -0.1) is 0 Å². The zero-order valence-corrected chi connectivity index (χ0v) is 40.2. The van der Waals surface area contributed by atoms with Crippen molar-refractivity contribution in [2.75, 3.05) is 19.6 Å². The molecule has 8 amide bonds. The summed E-state index contributed by atoms with van der Waals surface area (Å²) in [4.78, 5) is 184. The lowest BCUT2D eigenvalue weighted by molar-refractivity contribution is -0.141. The van der Waals surface area contributed by atoms with Crippen molar-refractivity contribution < 1.29 is 71.9 Å². The normalized spacial score (nSPS) is 13.2. The van der Waals surface area contributed by atoms with Gasteiger partial charge in [-0.25, -0.2) is 4.79 Å². The van der Waals surface area contributed by atoms with E-state index < -0.39 is 71.8 Å². The SMILES string of the molecule is CC(=O)CCC(=O)CCC(=O)CCC(=O)CCC(=O)CCC(=O)CCC(=O)CCC(=O)CCC(=O)NCC[C@H](NC(=O)CN1C(=O)C=CC1=O)C(=O)N[C@H](C(=O)N[C@@H](C)CCCNC(N)=O)C(C)C. The second-order valence-corrected chi connectivity index (χ2v) is 17.4. The van der Waals surface area contributed by atoms with Crippen molar-refractivity contribution in [3.8, 4) is 0 Å². The molecule has 0 bridgehead atoms. The standard InChI is InChI=1S/C47H69N7O15/c1-29(2)44(46(68)51-30(3)6-5-26-50-47(48)69)53-45(67)39(52-41(64)28-54-42(65)23-24-43(54)66)25-27-49-40(63)22-21-38(62)20-19-37(61)18-17-36(60)16-15-35(59)14-13-34(58)12-11-33(57)10-9-32(56)8-7-31(4)55/h23-24,29-30,39,44H,5-22,25-28H2,1-4H3,(H,49,63)(H,51,68)(H,52,64)(H,53,67)(H3,48,50,69)/t30-,39-,44-/m0/s1. The minimum absolute atomic E-state index is 0.00591. The van der Waals surface area contributed by atoms with Gasteiger partial charge >= 0.3 is 6.03 Å². The molecule has 0 fully saturated rings. The van der Waals surface area contributed by atoms with E-state index in [1.54, 1.807) is 20.8 Å². The molecule has 0 saturated heterocycles. The van der Waals surface area contributed by atoms with Crippen LogP contribution in [0.15, 0.2) is 12.2 Å². The van der Waals surface area contributed by atoms with Gasteiger partial charge in [-0.05, 0) is 39.0 Å². The molecule has 0 aromatic heterocycles. The van der Waals surface area contributed by atoms with Crippen molar-refractivity contribution >= 4 is 87.7 Å². The number of nitrogens with one attached hydrogen (secondary N) is 5. The van der Waals surface area contributed by atoms with Gasteiger partial charge in [0, 0.05) is 134 Å². The molecule has 0 unspecified atom stereocenters. The Morgan fingerprint density at radius 2 is 0.899 bits per heavy atom. The van der Waals surface area contributed by atoms with E-state index in [-0.39, 0.29) is 162 Å². The van der Waals surface area contributed by atoms with E-state index in [9.17, 15) is 71.9 Å². The highest BCUT2D eigenvalue weighted by atomic mass is 16.2. The number of carbonyl (C=O) groups is 15. The number of nitrogens with two attached hydrogens (primary N) is 1. The first kappa shape index (κ1) is 60.4. The summed E-state index contributed by atoms with van der Waals surface area (Å²) in [6.45, 7) is 5.90. The Bertz CT molecular complexity index is 1940. The van der Waals surface area contributed by atoms with Gasteiger partial charge in [-0.1, -0.05) is 13.8 Å². The Kier molecular flexibility index (Phi) is 28.9. The molecule has 0 saturated carbocycles. The van der Waals surface area contributed by atoms with Crippen LogP contribution in [-0.2, 0) is 67.1 Å². The van der Waals surface area contributed by atoms with Gasteiger partial charge in [0.05, 0.1) is 0 Å². The molecule has 7 N–H and O–H groups in total. The number of amides is 8. The first-order valence-electron chi connectivity index (χ1n) is 23.3. The molecule has 1 aliphatic rings. The van der Waals surface area contributed by atoms with Crippen LogP contribution < -0.4 is 32.3 Å². The van der Waals surface area contributed by atoms with E-state index in [4.69, 9.17) is 5.73 Å². The molecule has 0 aromatic carbocycles. The third-order valence-electron chi connectivity index (χ3n) is 10.8. The second kappa shape index (κ2) is 33.0. The van der Waals surface area contributed by atoms with Gasteiger partial charge in [0.25, 0.3) is 11.8 Å². The first-order valence-corrected chi connectivity index (χ1v) is 23.3. The van der Waals surface area contributed by atoms with Gasteiger partial charge in [-0.3, -0.25) is 67.2 Å². The van der Waals surface area contributed by atoms with Gasteiger partial charge in [0.15, 0.2) is 0 Å². The van der Waals surface area contributed by atoms with Crippen LogP contribution >= 0.6 is 0 Å². The zero-order chi connectivity index (χ0) is 52.1. The van der Waals surface area contributed by atoms with Crippen LogP contribution in [-0.4, -0.2) is 130 Å². The lowest BCUT2D eigenvalue weighted by atomic mass is 10.00. The number of Topliss-reactive ketones (excluding diaryl/α,β-unsaturated/α-hetero) is 8. The van der Waals surface area contributed by atoms with Gasteiger partial charge in [-0.2, -0.15) is 0 Å². The number of hydrogen-bond acceptors (Lipinski definition) is 15. The third-order valence-corrected chi connectivity index (χ3v) is 10.8. The van der Waals surface area contributed by atoms with Crippen molar-refractivity contribution in [3.63, 3.8) is 0 Å². The molecular formula is C47H69N7O15. The summed E-state index contributed by atoms with van der Waals surface area (Å²) in [5.74, 6) is -6.95. The Hall–Kier alpha value is -6.61. The highest BCUT2D eigenvalue weighted by Gasteiger charge is 2.31. The highest BCUT2D eigenvalue weighted by molar-refractivity contribution is 6.14. The summed E-state index contributed by atoms with van der Waals surface area (Å²) in [5, 5.41) is 12.9. The average molecular weight is 972 g/mol. The maximum Gasteiger partial charge on any atom is 0.312 e. The van der Waals surface area contributed by atoms with Crippen LogP contribution in [0.25, 0.3) is 0 Å². The van der Waals surface area contributed by atoms with Crippen molar-refractivity contribution in [2.24, 2.45) is 11.7 Å². The van der Waals surface area contributed by atoms with Gasteiger partial charge < -0.3 is 37.1 Å². The van der Waals surface area contributed by atoms with Crippen molar-refractivity contribution in [2.45, 2.75) is 168 Å². The number of nitrogens with zero attached hydrogens (tertiary/aromatic N) is 1. The number of rotatable bonds is 39. The van der Waals surface area contributed by atoms with E-state index >= 15 is 0 Å². The molecule has 22 nitrogen and oxygen atoms in total. The average Bonchev–Trinajstić information content (AvgIpc) is 3.60. The Labute approximate surface area is 401 Å². The smallest absolute Gasteiger partial charge is 0.312 e. The molecule has 3 atom stereocenters. The predicted molar refractivity (Wildman–Crippen MR) is 246 cm³/mol. The summed E-state index contributed by atoms with van der Waals surface area (Å²) >= 11 is 0. The number of ketones is 8. The maximum atomic E-state index is 13.5. The molecule has 1 rings (SSSR count). The lowest BCUT2D eigenvalue weighted by Crippen LogP contribution is -2.57. The maximum absolute atomic E-state index is 13.5. The van der Waals surface area contributed by atoms with Crippen LogP contribution in [0, 0.1) is 5.92 Å². The monoisotopic (exact) mass is 971 g/mol. The largest absolute Gasteiger partial charge is 0.356 e. The highest BCUT2D eigenvalue weighted by Crippen LogP contribution is 2.11. The zero-order valence-electron chi connectivity index (χ0n) is 40.2. The molecule has 22 heteroatoms. The summed E-state index contributed by atoms with van der Waals surface area (Å²) in [7, 11) is 0. The fourth-order valence-electron chi connectivity index (χ4n) is 6.61. The van der Waals surface area contributed by atoms with E-state index in [1.165, 1.54) is 6.92 Å². The number of primary amides is 1. The van der Waals surface area contributed by atoms with Crippen LogP contribution in [0.4, 0.5) is 4.79 Å². The van der Waals surface area contributed by atoms with Crippen LogP contribution in [0.1, 0.15) is 150 Å². The Morgan fingerprint density at radius 3 is 1.29 bits per heavy atom. The van der Waals surface area contributed by atoms with E-state index in [1.807, 2.05) is 0 Å². The summed E-state index contributed by atoms with van der Waals surface area (Å²) in [6, 6.07) is -3.44. The van der Waals surface area contributed by atoms with Crippen LogP contribution in [0.3, 0.4) is 0 Å². The Morgan fingerprint density at radius 1 is 0.493 bits per heavy atom. The lowest BCUT2D eigenvalue weighted by Gasteiger charge is -2.27. The fourth-order valence-corrected chi connectivity index (χ4v) is 6.61. The molecular weight excluding hydrogens is 903 g/mol. The number of hydrogen-bond donors (Lipinski definition) is 6. The molecule has 0 aromatic rings. The molecule has 382 valence electrons. The van der Waals surface area contributed by atoms with E-state index in [0.717, 1.165) is 12.2 Å². The van der Waals surface area contributed by atoms with E-state index in [2.05, 4.69) is 26.6 Å². The molecule has 0 aliphatic carbocycles. The van der Waals surface area contributed by atoms with Crippen molar-refractivity contribution in [1.29, 1.82) is 0 Å². The Balaban J connectivity index is 2.52. The summed E-state index contributed by atoms with van der Waals surface area (Å²) < 4.78 is 0. The van der Waals surface area contributed by atoms with Gasteiger partial charge in [0.1, 0.15) is 64.9 Å². The van der Waals surface area contributed by atoms with Crippen LogP contribution in [0.2, 0.25) is 0 Å². The molecule has 1 heterocycles.